The average molecular weight is 358 g/mol. The van der Waals surface area contributed by atoms with Gasteiger partial charge in [0.25, 0.3) is 6.43 Å². The first-order valence-corrected chi connectivity index (χ1v) is 8.24. The lowest BCUT2D eigenvalue weighted by molar-refractivity contribution is -0.129. The van der Waals surface area contributed by atoms with Crippen molar-refractivity contribution in [1.82, 2.24) is 19.4 Å². The first-order valence-electron chi connectivity index (χ1n) is 8.24. The summed E-state index contributed by atoms with van der Waals surface area (Å²) >= 11 is 0. The van der Waals surface area contributed by atoms with E-state index in [4.69, 9.17) is 0 Å². The van der Waals surface area contributed by atoms with Gasteiger partial charge in [0.1, 0.15) is 6.54 Å². The number of nitrogens with zero attached hydrogens (tertiary/aromatic N) is 4. The van der Waals surface area contributed by atoms with E-state index in [0.29, 0.717) is 17.0 Å². The molecule has 26 heavy (non-hydrogen) atoms. The number of likely N-dealkylation sites (N-methyl/N-ethyl adjacent to an activating group) is 1. The number of amides is 1. The quantitative estimate of drug-likeness (QED) is 0.703. The van der Waals surface area contributed by atoms with Crippen LogP contribution in [0, 0.1) is 6.92 Å². The zero-order valence-corrected chi connectivity index (χ0v) is 14.9. The monoisotopic (exact) mass is 358 g/mol. The smallest absolute Gasteiger partial charge is 0.264 e. The molecule has 0 spiro atoms. The highest BCUT2D eigenvalue weighted by molar-refractivity contribution is 5.85. The maximum absolute atomic E-state index is 13.4. The normalized spacial score (nSPS) is 11.3. The average Bonchev–Trinajstić information content (AvgIpc) is 3.00. The minimum absolute atomic E-state index is 0.0153. The van der Waals surface area contributed by atoms with Crippen LogP contribution in [0.4, 0.5) is 8.78 Å². The van der Waals surface area contributed by atoms with Gasteiger partial charge in [0.05, 0.1) is 11.2 Å². The van der Waals surface area contributed by atoms with Gasteiger partial charge in [-0.3, -0.25) is 14.8 Å². The molecule has 0 radical (unpaired) electrons. The number of hydrogen-bond donors (Lipinski definition) is 0. The summed E-state index contributed by atoms with van der Waals surface area (Å²) in [6, 6.07) is 5.05. The second kappa shape index (κ2) is 7.19. The molecule has 5 nitrogen and oxygen atoms in total. The molecule has 1 amide bonds. The standard InChI is InChI=1S/C19H20F2N4O/c1-12-15(13(19(20)21)4-7-22-12)10-16-14-6-9-25(11-18(26)24(2)3)17(14)5-8-23-16/h4-9,19H,10-11H2,1-3H3. The molecular weight excluding hydrogens is 338 g/mol. The van der Waals surface area contributed by atoms with Crippen molar-refractivity contribution >= 4 is 16.8 Å². The van der Waals surface area contributed by atoms with Crippen LogP contribution in [0.2, 0.25) is 0 Å². The minimum Gasteiger partial charge on any atom is -0.347 e. The van der Waals surface area contributed by atoms with Crippen molar-refractivity contribution in [2.24, 2.45) is 0 Å². The fourth-order valence-electron chi connectivity index (χ4n) is 2.97. The van der Waals surface area contributed by atoms with Crippen LogP contribution in [0.25, 0.3) is 10.9 Å². The number of aromatic nitrogens is 3. The van der Waals surface area contributed by atoms with Gasteiger partial charge in [0.15, 0.2) is 0 Å². The van der Waals surface area contributed by atoms with Gasteiger partial charge in [-0.05, 0) is 30.7 Å². The van der Waals surface area contributed by atoms with Gasteiger partial charge in [-0.25, -0.2) is 8.78 Å². The Morgan fingerprint density at radius 3 is 2.62 bits per heavy atom. The predicted molar refractivity (Wildman–Crippen MR) is 95.2 cm³/mol. The van der Waals surface area contributed by atoms with Crippen LogP contribution in [0.3, 0.4) is 0 Å². The van der Waals surface area contributed by atoms with E-state index in [1.165, 1.54) is 17.2 Å². The van der Waals surface area contributed by atoms with Gasteiger partial charge in [0.2, 0.25) is 5.91 Å². The molecule has 7 heteroatoms. The summed E-state index contributed by atoms with van der Waals surface area (Å²) < 4.78 is 28.5. The Morgan fingerprint density at radius 2 is 1.92 bits per heavy atom. The van der Waals surface area contributed by atoms with E-state index in [0.717, 1.165) is 10.9 Å². The van der Waals surface area contributed by atoms with Crippen LogP contribution in [-0.2, 0) is 17.8 Å². The molecule has 0 atom stereocenters. The topological polar surface area (TPSA) is 51.0 Å². The third kappa shape index (κ3) is 3.42. The van der Waals surface area contributed by atoms with Crippen molar-refractivity contribution in [2.45, 2.75) is 26.3 Å². The molecule has 0 bridgehead atoms. The number of carbonyl (C=O) groups is 1. The molecule has 0 aliphatic heterocycles. The number of fused-ring (bicyclic) bond motifs is 1. The zero-order valence-electron chi connectivity index (χ0n) is 14.9. The van der Waals surface area contributed by atoms with Crippen LogP contribution in [0.5, 0.6) is 0 Å². The van der Waals surface area contributed by atoms with Crippen LogP contribution < -0.4 is 0 Å². The number of rotatable bonds is 5. The summed E-state index contributed by atoms with van der Waals surface area (Å²) in [5.41, 5.74) is 2.60. The lowest BCUT2D eigenvalue weighted by atomic mass is 10.0. The Hall–Kier alpha value is -2.83. The number of alkyl halides is 2. The van der Waals surface area contributed by atoms with E-state index in [1.54, 1.807) is 27.2 Å². The molecule has 0 saturated carbocycles. The van der Waals surface area contributed by atoms with E-state index < -0.39 is 6.43 Å². The summed E-state index contributed by atoms with van der Waals surface area (Å²) in [5, 5.41) is 0.850. The van der Waals surface area contributed by atoms with Crippen LogP contribution >= 0.6 is 0 Å². The summed E-state index contributed by atoms with van der Waals surface area (Å²) in [6.45, 7) is 1.94. The lowest BCUT2D eigenvalue weighted by Gasteiger charge is -2.13. The van der Waals surface area contributed by atoms with Crippen molar-refractivity contribution in [2.75, 3.05) is 14.1 Å². The predicted octanol–water partition coefficient (Wildman–Crippen LogP) is 3.36. The second-order valence-electron chi connectivity index (χ2n) is 6.36. The zero-order chi connectivity index (χ0) is 18.8. The molecule has 3 aromatic heterocycles. The summed E-state index contributed by atoms with van der Waals surface area (Å²) in [5.74, 6) is -0.0241. The molecule has 0 fully saturated rings. The van der Waals surface area contributed by atoms with Gasteiger partial charge < -0.3 is 9.47 Å². The molecule has 0 saturated heterocycles. The van der Waals surface area contributed by atoms with Crippen LogP contribution in [-0.4, -0.2) is 39.4 Å². The third-order valence-electron chi connectivity index (χ3n) is 4.47. The first kappa shape index (κ1) is 18.0. The summed E-state index contributed by atoms with van der Waals surface area (Å²) in [4.78, 5) is 22.1. The van der Waals surface area contributed by atoms with Crippen molar-refractivity contribution in [3.63, 3.8) is 0 Å². The maximum atomic E-state index is 13.4. The Labute approximate surface area is 150 Å². The van der Waals surface area contributed by atoms with Crippen LogP contribution in [0.15, 0.2) is 36.8 Å². The number of pyridine rings is 2. The van der Waals surface area contributed by atoms with E-state index in [-0.39, 0.29) is 24.4 Å². The molecule has 0 aliphatic carbocycles. The molecule has 0 aromatic carbocycles. The van der Waals surface area contributed by atoms with E-state index in [1.807, 2.05) is 22.9 Å². The molecule has 3 heterocycles. The maximum Gasteiger partial charge on any atom is 0.264 e. The van der Waals surface area contributed by atoms with Crippen molar-refractivity contribution in [3.8, 4) is 0 Å². The SMILES string of the molecule is Cc1nccc(C(F)F)c1Cc1nccc2c1ccn2CC(=O)N(C)C. The van der Waals surface area contributed by atoms with Gasteiger partial charge >= 0.3 is 0 Å². The fourth-order valence-corrected chi connectivity index (χ4v) is 2.97. The highest BCUT2D eigenvalue weighted by Gasteiger charge is 2.18. The Morgan fingerprint density at radius 1 is 1.19 bits per heavy atom. The number of carbonyl (C=O) groups excluding carboxylic acids is 1. The van der Waals surface area contributed by atoms with E-state index >= 15 is 0 Å². The summed E-state index contributed by atoms with van der Waals surface area (Å²) in [7, 11) is 3.41. The van der Waals surface area contributed by atoms with Gasteiger partial charge in [-0.2, -0.15) is 0 Å². The lowest BCUT2D eigenvalue weighted by Crippen LogP contribution is -2.25. The van der Waals surface area contributed by atoms with E-state index in [9.17, 15) is 13.6 Å². The molecular formula is C19H20F2N4O. The molecule has 136 valence electrons. The fraction of sp³-hybridized carbons (Fsp3) is 0.316. The van der Waals surface area contributed by atoms with Crippen molar-refractivity contribution in [3.05, 3.63) is 59.3 Å². The molecule has 0 N–H and O–H groups in total. The summed E-state index contributed by atoms with van der Waals surface area (Å²) in [6.07, 6.45) is 2.57. The van der Waals surface area contributed by atoms with Crippen LogP contribution in [0.1, 0.15) is 28.9 Å². The highest BCUT2D eigenvalue weighted by atomic mass is 19.3. The largest absolute Gasteiger partial charge is 0.347 e. The van der Waals surface area contributed by atoms with Crippen molar-refractivity contribution in [1.29, 1.82) is 0 Å². The second-order valence-corrected chi connectivity index (χ2v) is 6.36. The Bertz CT molecular complexity index is 950. The molecule has 0 aliphatic rings. The van der Waals surface area contributed by atoms with E-state index in [2.05, 4.69) is 9.97 Å². The first-order chi connectivity index (χ1) is 12.4. The van der Waals surface area contributed by atoms with Gasteiger partial charge in [-0.1, -0.05) is 0 Å². The highest BCUT2D eigenvalue weighted by Crippen LogP contribution is 2.28. The van der Waals surface area contributed by atoms with Gasteiger partial charge in [-0.15, -0.1) is 0 Å². The van der Waals surface area contributed by atoms with Gasteiger partial charge in [0, 0.05) is 55.8 Å². The number of aryl methyl sites for hydroxylation is 1. The molecule has 3 rings (SSSR count). The Kier molecular flexibility index (Phi) is 4.97. The van der Waals surface area contributed by atoms with Crippen molar-refractivity contribution < 1.29 is 13.6 Å². The molecule has 0 unspecified atom stereocenters. The number of halogens is 2. The number of hydrogen-bond acceptors (Lipinski definition) is 3. The Balaban J connectivity index is 2.01. The third-order valence-corrected chi connectivity index (χ3v) is 4.47. The molecule has 3 aromatic rings. The minimum atomic E-state index is -2.56.